The van der Waals surface area contributed by atoms with Crippen molar-refractivity contribution < 1.29 is 21.6 Å². The number of rotatable bonds is 1. The normalized spacial score (nSPS) is 19.6. The second kappa shape index (κ2) is 4.75. The van der Waals surface area contributed by atoms with Crippen LogP contribution >= 0.6 is 0 Å². The summed E-state index contributed by atoms with van der Waals surface area (Å²) in [5.41, 5.74) is 0. The number of pyridine rings is 1. The molecule has 8 heteroatoms. The minimum atomic E-state index is -3.15. The van der Waals surface area contributed by atoms with E-state index in [1.54, 1.807) is 0 Å². The molecule has 0 aromatic carbocycles. The van der Waals surface area contributed by atoms with Crippen LogP contribution < -0.4 is 4.90 Å². The number of nitrogens with zero attached hydrogens (tertiary/aromatic N) is 2. The second-order valence-corrected chi connectivity index (χ2v) is 6.36. The molecule has 1 aromatic heterocycles. The van der Waals surface area contributed by atoms with E-state index in [-0.39, 0.29) is 30.4 Å². The highest BCUT2D eigenvalue weighted by molar-refractivity contribution is 7.91. The molecule has 0 aliphatic carbocycles. The Labute approximate surface area is 102 Å². The van der Waals surface area contributed by atoms with E-state index in [2.05, 4.69) is 4.98 Å². The summed E-state index contributed by atoms with van der Waals surface area (Å²) in [5.74, 6) is -4.22. The Kier molecular flexibility index (Phi) is 3.47. The SMILES string of the molecule is O=S1(=O)CCCN(c2nc(F)c(F)cc2F)CC1. The van der Waals surface area contributed by atoms with Crippen LogP contribution in [0.1, 0.15) is 6.42 Å². The van der Waals surface area contributed by atoms with Crippen LogP contribution in [0.4, 0.5) is 19.0 Å². The molecule has 0 unspecified atom stereocenters. The molecule has 1 saturated heterocycles. The van der Waals surface area contributed by atoms with Crippen LogP contribution in [0.25, 0.3) is 0 Å². The molecule has 1 aliphatic heterocycles. The molecule has 0 bridgehead atoms. The maximum atomic E-state index is 13.5. The number of anilines is 1. The lowest BCUT2D eigenvalue weighted by molar-refractivity contribution is 0.463. The molecular weight excluding hydrogens is 269 g/mol. The van der Waals surface area contributed by atoms with Gasteiger partial charge in [-0.2, -0.15) is 9.37 Å². The molecule has 1 fully saturated rings. The number of aromatic nitrogens is 1. The van der Waals surface area contributed by atoms with Crippen LogP contribution in [0.2, 0.25) is 0 Å². The van der Waals surface area contributed by atoms with Gasteiger partial charge in [-0.3, -0.25) is 0 Å². The standard InChI is InChI=1S/C10H11F3N2O2S/c11-7-6-8(12)10(14-9(7)13)15-2-1-4-18(16,17)5-3-15/h6H,1-5H2. The van der Waals surface area contributed by atoms with Gasteiger partial charge in [-0.25, -0.2) is 17.2 Å². The average molecular weight is 280 g/mol. The van der Waals surface area contributed by atoms with Gasteiger partial charge in [-0.05, 0) is 6.42 Å². The van der Waals surface area contributed by atoms with Crippen molar-refractivity contribution in [2.24, 2.45) is 0 Å². The summed E-state index contributed by atoms with van der Waals surface area (Å²) in [7, 11) is -3.15. The van der Waals surface area contributed by atoms with Crippen molar-refractivity contribution >= 4 is 15.7 Å². The monoisotopic (exact) mass is 280 g/mol. The fourth-order valence-electron chi connectivity index (χ4n) is 1.81. The molecule has 1 aliphatic rings. The quantitative estimate of drug-likeness (QED) is 0.723. The zero-order valence-corrected chi connectivity index (χ0v) is 10.2. The molecule has 0 amide bonds. The van der Waals surface area contributed by atoms with E-state index in [0.717, 1.165) is 0 Å². The lowest BCUT2D eigenvalue weighted by Crippen LogP contribution is -2.29. The lowest BCUT2D eigenvalue weighted by Gasteiger charge is -2.21. The minimum Gasteiger partial charge on any atom is -0.353 e. The van der Waals surface area contributed by atoms with Crippen LogP contribution in [0.15, 0.2) is 6.07 Å². The van der Waals surface area contributed by atoms with Gasteiger partial charge >= 0.3 is 0 Å². The van der Waals surface area contributed by atoms with E-state index < -0.39 is 27.4 Å². The van der Waals surface area contributed by atoms with Crippen molar-refractivity contribution in [3.05, 3.63) is 23.6 Å². The summed E-state index contributed by atoms with van der Waals surface area (Å²) in [6.07, 6.45) is 0.308. The molecule has 1 aromatic rings. The maximum Gasteiger partial charge on any atom is 0.251 e. The number of sulfone groups is 1. The average Bonchev–Trinajstić information content (AvgIpc) is 2.45. The Hall–Kier alpha value is -1.31. The summed E-state index contributed by atoms with van der Waals surface area (Å²) >= 11 is 0. The van der Waals surface area contributed by atoms with Crippen molar-refractivity contribution in [1.29, 1.82) is 0 Å². The van der Waals surface area contributed by atoms with Crippen LogP contribution in [-0.4, -0.2) is 38.0 Å². The van der Waals surface area contributed by atoms with Gasteiger partial charge in [0, 0.05) is 19.2 Å². The molecule has 0 atom stereocenters. The Morgan fingerprint density at radius 1 is 1.11 bits per heavy atom. The molecule has 0 spiro atoms. The Morgan fingerprint density at radius 3 is 2.56 bits per heavy atom. The van der Waals surface area contributed by atoms with E-state index in [0.29, 0.717) is 12.5 Å². The van der Waals surface area contributed by atoms with E-state index >= 15 is 0 Å². The first kappa shape index (κ1) is 13.1. The molecule has 100 valence electrons. The molecule has 2 rings (SSSR count). The van der Waals surface area contributed by atoms with E-state index in [1.165, 1.54) is 4.90 Å². The highest BCUT2D eigenvalue weighted by atomic mass is 32.2. The first-order valence-corrected chi connectivity index (χ1v) is 7.18. The van der Waals surface area contributed by atoms with Crippen LogP contribution in [0, 0.1) is 17.6 Å². The molecule has 0 N–H and O–H groups in total. The molecule has 18 heavy (non-hydrogen) atoms. The third-order valence-electron chi connectivity index (χ3n) is 2.72. The minimum absolute atomic E-state index is 0.00873. The fourth-order valence-corrected chi connectivity index (χ4v) is 3.08. The third kappa shape index (κ3) is 2.74. The van der Waals surface area contributed by atoms with Gasteiger partial charge in [0.2, 0.25) is 0 Å². The van der Waals surface area contributed by atoms with Crippen LogP contribution in [-0.2, 0) is 9.84 Å². The van der Waals surface area contributed by atoms with Crippen molar-refractivity contribution in [3.8, 4) is 0 Å². The topological polar surface area (TPSA) is 50.3 Å². The largest absolute Gasteiger partial charge is 0.353 e. The summed E-state index contributed by atoms with van der Waals surface area (Å²) in [5, 5.41) is 0. The Morgan fingerprint density at radius 2 is 1.83 bits per heavy atom. The van der Waals surface area contributed by atoms with Crippen molar-refractivity contribution in [3.63, 3.8) is 0 Å². The van der Waals surface area contributed by atoms with Gasteiger partial charge in [-0.15, -0.1) is 0 Å². The summed E-state index contributed by atoms with van der Waals surface area (Å²) in [6.45, 7) is 0.269. The number of hydrogen-bond donors (Lipinski definition) is 0. The van der Waals surface area contributed by atoms with Gasteiger partial charge in [0.15, 0.2) is 27.3 Å². The van der Waals surface area contributed by atoms with Gasteiger partial charge in [-0.1, -0.05) is 0 Å². The smallest absolute Gasteiger partial charge is 0.251 e. The van der Waals surface area contributed by atoms with Gasteiger partial charge < -0.3 is 4.90 Å². The first-order valence-electron chi connectivity index (χ1n) is 5.36. The summed E-state index contributed by atoms with van der Waals surface area (Å²) in [6, 6.07) is 0.414. The Bertz CT molecular complexity index is 562. The van der Waals surface area contributed by atoms with Crippen molar-refractivity contribution in [2.45, 2.75) is 6.42 Å². The highest BCUT2D eigenvalue weighted by Gasteiger charge is 2.23. The highest BCUT2D eigenvalue weighted by Crippen LogP contribution is 2.20. The molecule has 2 heterocycles. The fraction of sp³-hybridized carbons (Fsp3) is 0.500. The third-order valence-corrected chi connectivity index (χ3v) is 4.44. The second-order valence-electron chi connectivity index (χ2n) is 4.06. The van der Waals surface area contributed by atoms with Gasteiger partial charge in [0.1, 0.15) is 0 Å². The molecule has 0 saturated carbocycles. The number of halogens is 3. The van der Waals surface area contributed by atoms with Gasteiger partial charge in [0.25, 0.3) is 5.95 Å². The Balaban J connectivity index is 2.29. The van der Waals surface area contributed by atoms with Gasteiger partial charge in [0.05, 0.1) is 11.5 Å². The molecule has 0 radical (unpaired) electrons. The van der Waals surface area contributed by atoms with E-state index in [1.807, 2.05) is 0 Å². The van der Waals surface area contributed by atoms with Crippen molar-refractivity contribution in [1.82, 2.24) is 4.98 Å². The van der Waals surface area contributed by atoms with E-state index in [9.17, 15) is 21.6 Å². The van der Waals surface area contributed by atoms with Crippen LogP contribution in [0.5, 0.6) is 0 Å². The summed E-state index contributed by atoms with van der Waals surface area (Å²) in [4.78, 5) is 4.52. The number of hydrogen-bond acceptors (Lipinski definition) is 4. The first-order chi connectivity index (χ1) is 8.39. The lowest BCUT2D eigenvalue weighted by atomic mass is 10.3. The zero-order chi connectivity index (χ0) is 13.3. The molecule has 4 nitrogen and oxygen atoms in total. The van der Waals surface area contributed by atoms with Crippen LogP contribution in [0.3, 0.4) is 0 Å². The predicted octanol–water partition coefficient (Wildman–Crippen LogP) is 1.12. The van der Waals surface area contributed by atoms with E-state index in [4.69, 9.17) is 0 Å². The predicted molar refractivity (Wildman–Crippen MR) is 59.6 cm³/mol. The maximum absolute atomic E-state index is 13.5. The summed E-state index contributed by atoms with van der Waals surface area (Å²) < 4.78 is 61.9. The zero-order valence-electron chi connectivity index (χ0n) is 9.37. The van der Waals surface area contributed by atoms with Crippen molar-refractivity contribution in [2.75, 3.05) is 29.5 Å². The molecular formula is C10H11F3N2O2S.